The van der Waals surface area contributed by atoms with E-state index in [0.29, 0.717) is 45.2 Å². The van der Waals surface area contributed by atoms with E-state index >= 15 is 0 Å². The lowest BCUT2D eigenvalue weighted by Gasteiger charge is -2.23. The topological polar surface area (TPSA) is 106 Å². The van der Waals surface area contributed by atoms with Crippen LogP contribution in [0, 0.1) is 20.8 Å². The number of carbonyl (C=O) groups excluding carboxylic acids is 2. The molecule has 1 unspecified atom stereocenters. The summed E-state index contributed by atoms with van der Waals surface area (Å²) >= 11 is 1.67. The number of nitrogens with zero attached hydrogens (tertiary/aromatic N) is 2. The van der Waals surface area contributed by atoms with Crippen LogP contribution in [0.15, 0.2) is 34.9 Å². The van der Waals surface area contributed by atoms with Gasteiger partial charge in [-0.25, -0.2) is 4.98 Å². The largest absolute Gasteiger partial charge is 0.479 e. The summed E-state index contributed by atoms with van der Waals surface area (Å²) in [5.74, 6) is -0.00391. The molecule has 0 radical (unpaired) electrons. The maximum Gasteiger partial charge on any atom is 0.265 e. The zero-order chi connectivity index (χ0) is 22.6. The molecule has 2 amide bonds. The maximum atomic E-state index is 13.3. The molecule has 0 saturated heterocycles. The van der Waals surface area contributed by atoms with E-state index in [0.717, 1.165) is 15.3 Å². The molecular weight excluding hydrogens is 428 g/mol. The van der Waals surface area contributed by atoms with E-state index in [4.69, 9.17) is 9.26 Å². The van der Waals surface area contributed by atoms with Gasteiger partial charge in [0.15, 0.2) is 6.10 Å². The van der Waals surface area contributed by atoms with Crippen molar-refractivity contribution in [1.29, 1.82) is 0 Å². The standard InChI is InChI=1S/C23H20N4O4S/c1-10-7-15(13(4)32-10)17-9-16(20-11(2)27-31-23(20)26-17)22(29)24-14-5-6-19-18(8-14)25-21(28)12(3)30-19/h5-9,12H,1-4H3,(H,24,29)(H,25,28). The summed E-state index contributed by atoms with van der Waals surface area (Å²) < 4.78 is 11.0. The molecule has 1 aromatic carbocycles. The summed E-state index contributed by atoms with van der Waals surface area (Å²) in [5, 5.41) is 10.3. The van der Waals surface area contributed by atoms with Crippen LogP contribution in [0.25, 0.3) is 22.4 Å². The molecule has 5 rings (SSSR count). The van der Waals surface area contributed by atoms with Crippen molar-refractivity contribution in [2.75, 3.05) is 10.6 Å². The van der Waals surface area contributed by atoms with Gasteiger partial charge in [0.1, 0.15) is 5.75 Å². The van der Waals surface area contributed by atoms with Gasteiger partial charge in [0.2, 0.25) is 0 Å². The number of nitrogens with one attached hydrogen (secondary N) is 2. The van der Waals surface area contributed by atoms with Crippen molar-refractivity contribution in [1.82, 2.24) is 10.1 Å². The van der Waals surface area contributed by atoms with Crippen molar-refractivity contribution in [3.8, 4) is 17.0 Å². The van der Waals surface area contributed by atoms with Crippen molar-refractivity contribution in [2.45, 2.75) is 33.8 Å². The third-order valence-corrected chi connectivity index (χ3v) is 6.31. The number of amides is 2. The number of hydrogen-bond acceptors (Lipinski definition) is 7. The molecule has 3 aromatic heterocycles. The number of carbonyl (C=O) groups is 2. The highest BCUT2D eigenvalue weighted by Crippen LogP contribution is 2.34. The van der Waals surface area contributed by atoms with Crippen LogP contribution in [0.4, 0.5) is 11.4 Å². The molecular formula is C23H20N4O4S. The zero-order valence-corrected chi connectivity index (χ0v) is 18.7. The second-order valence-corrected chi connectivity index (χ2v) is 9.20. The number of rotatable bonds is 3. The van der Waals surface area contributed by atoms with Crippen LogP contribution < -0.4 is 15.4 Å². The highest BCUT2D eigenvalue weighted by atomic mass is 32.1. The fourth-order valence-electron chi connectivity index (χ4n) is 3.78. The van der Waals surface area contributed by atoms with Crippen LogP contribution in [0.1, 0.15) is 32.7 Å². The van der Waals surface area contributed by atoms with Crippen molar-refractivity contribution in [2.24, 2.45) is 0 Å². The minimum absolute atomic E-state index is 0.233. The summed E-state index contributed by atoms with van der Waals surface area (Å²) in [7, 11) is 0. The Balaban J connectivity index is 1.54. The first-order valence-electron chi connectivity index (χ1n) is 10.1. The summed E-state index contributed by atoms with van der Waals surface area (Å²) in [6, 6.07) is 8.93. The normalized spacial score (nSPS) is 15.2. The highest BCUT2D eigenvalue weighted by molar-refractivity contribution is 7.12. The van der Waals surface area contributed by atoms with Gasteiger partial charge >= 0.3 is 0 Å². The van der Waals surface area contributed by atoms with E-state index in [9.17, 15) is 9.59 Å². The van der Waals surface area contributed by atoms with Crippen molar-refractivity contribution in [3.05, 3.63) is 51.3 Å². The van der Waals surface area contributed by atoms with Crippen LogP contribution in [0.2, 0.25) is 0 Å². The highest BCUT2D eigenvalue weighted by Gasteiger charge is 2.25. The molecule has 9 heteroatoms. The minimum atomic E-state index is -0.563. The van der Waals surface area contributed by atoms with E-state index in [1.807, 2.05) is 19.9 Å². The maximum absolute atomic E-state index is 13.3. The molecule has 0 aliphatic carbocycles. The Hall–Kier alpha value is -3.72. The predicted molar refractivity (Wildman–Crippen MR) is 122 cm³/mol. The first-order valence-corrected chi connectivity index (χ1v) is 10.9. The molecule has 4 heterocycles. The fourth-order valence-corrected chi connectivity index (χ4v) is 4.72. The molecule has 1 aliphatic rings. The lowest BCUT2D eigenvalue weighted by molar-refractivity contribution is -0.122. The van der Waals surface area contributed by atoms with Gasteiger partial charge in [-0.05, 0) is 58.0 Å². The quantitative estimate of drug-likeness (QED) is 0.464. The van der Waals surface area contributed by atoms with Gasteiger partial charge in [-0.2, -0.15) is 0 Å². The van der Waals surface area contributed by atoms with Crippen LogP contribution in [0.3, 0.4) is 0 Å². The molecule has 1 aliphatic heterocycles. The van der Waals surface area contributed by atoms with Crippen molar-refractivity contribution >= 4 is 45.6 Å². The molecule has 4 aromatic rings. The molecule has 0 saturated carbocycles. The van der Waals surface area contributed by atoms with Gasteiger partial charge in [0, 0.05) is 21.0 Å². The molecule has 32 heavy (non-hydrogen) atoms. The van der Waals surface area contributed by atoms with Gasteiger partial charge in [0.25, 0.3) is 17.5 Å². The number of fused-ring (bicyclic) bond motifs is 2. The number of pyridine rings is 1. The molecule has 0 spiro atoms. The summed E-state index contributed by atoms with van der Waals surface area (Å²) in [5.41, 5.74) is 3.96. The van der Waals surface area contributed by atoms with E-state index < -0.39 is 6.10 Å². The Kier molecular flexibility index (Phi) is 4.70. The lowest BCUT2D eigenvalue weighted by Crippen LogP contribution is -2.34. The smallest absolute Gasteiger partial charge is 0.265 e. The third-order valence-electron chi connectivity index (χ3n) is 5.35. The van der Waals surface area contributed by atoms with E-state index in [1.165, 1.54) is 0 Å². The second-order valence-electron chi connectivity index (χ2n) is 7.74. The van der Waals surface area contributed by atoms with E-state index in [-0.39, 0.29) is 11.8 Å². The first-order chi connectivity index (χ1) is 15.3. The lowest BCUT2D eigenvalue weighted by atomic mass is 10.1. The number of aromatic nitrogens is 2. The van der Waals surface area contributed by atoms with Crippen LogP contribution in [0.5, 0.6) is 5.75 Å². The number of ether oxygens (including phenoxy) is 1. The average Bonchev–Trinajstić information content (AvgIpc) is 3.29. The van der Waals surface area contributed by atoms with Gasteiger partial charge in [-0.3, -0.25) is 9.59 Å². The number of anilines is 2. The van der Waals surface area contributed by atoms with Crippen molar-refractivity contribution < 1.29 is 18.8 Å². The number of benzene rings is 1. The monoisotopic (exact) mass is 448 g/mol. The molecule has 8 nitrogen and oxygen atoms in total. The molecule has 1 atom stereocenters. The van der Waals surface area contributed by atoms with Gasteiger partial charge in [0.05, 0.1) is 28.0 Å². The first kappa shape index (κ1) is 20.2. The van der Waals surface area contributed by atoms with Crippen molar-refractivity contribution in [3.63, 3.8) is 0 Å². The van der Waals surface area contributed by atoms with Crippen LogP contribution in [-0.4, -0.2) is 28.1 Å². The second kappa shape index (κ2) is 7.45. The summed E-state index contributed by atoms with van der Waals surface area (Å²) in [4.78, 5) is 32.1. The average molecular weight is 449 g/mol. The molecule has 0 bridgehead atoms. The minimum Gasteiger partial charge on any atom is -0.479 e. The Bertz CT molecular complexity index is 1400. The van der Waals surface area contributed by atoms with Gasteiger partial charge in [-0.15, -0.1) is 11.3 Å². The number of hydrogen-bond donors (Lipinski definition) is 2. The van der Waals surface area contributed by atoms with Crippen LogP contribution >= 0.6 is 11.3 Å². The van der Waals surface area contributed by atoms with E-state index in [1.54, 1.807) is 49.4 Å². The van der Waals surface area contributed by atoms with Crippen LogP contribution in [-0.2, 0) is 4.79 Å². The van der Waals surface area contributed by atoms with E-state index in [2.05, 4.69) is 20.8 Å². The third kappa shape index (κ3) is 3.40. The molecule has 162 valence electrons. The fraction of sp³-hybridized carbons (Fsp3) is 0.217. The summed E-state index contributed by atoms with van der Waals surface area (Å²) in [6.45, 7) is 7.51. The number of thiophene rings is 1. The molecule has 2 N–H and O–H groups in total. The Morgan fingerprint density at radius 1 is 1.19 bits per heavy atom. The zero-order valence-electron chi connectivity index (χ0n) is 17.9. The Morgan fingerprint density at radius 3 is 2.75 bits per heavy atom. The number of aryl methyl sites for hydroxylation is 3. The predicted octanol–water partition coefficient (Wildman–Crippen LogP) is 4.85. The SMILES string of the molecule is Cc1cc(-c2cc(C(=O)Nc3ccc4c(c3)NC(=O)C(C)O4)c3c(C)noc3n2)c(C)s1. The van der Waals surface area contributed by atoms with Gasteiger partial charge < -0.3 is 19.9 Å². The summed E-state index contributed by atoms with van der Waals surface area (Å²) in [6.07, 6.45) is -0.563. The Labute approximate surface area is 187 Å². The Morgan fingerprint density at radius 2 is 2.00 bits per heavy atom. The molecule has 0 fully saturated rings. The van der Waals surface area contributed by atoms with Gasteiger partial charge in [-0.1, -0.05) is 5.16 Å².